The highest BCUT2D eigenvalue weighted by atomic mass is 19.1. The summed E-state index contributed by atoms with van der Waals surface area (Å²) in [6.07, 6.45) is 1.66. The second-order valence-corrected chi connectivity index (χ2v) is 6.99. The van der Waals surface area contributed by atoms with Gasteiger partial charge in [-0.1, -0.05) is 0 Å². The number of hydrogen-bond donors (Lipinski definition) is 3. The third-order valence-corrected chi connectivity index (χ3v) is 5.19. The Morgan fingerprint density at radius 1 is 1.11 bits per heavy atom. The molecule has 1 saturated carbocycles. The average Bonchev–Trinajstić information content (AvgIpc) is 3.01. The highest BCUT2D eigenvalue weighted by Gasteiger charge is 2.29. The van der Waals surface area contributed by atoms with Gasteiger partial charge in [0.25, 0.3) is 0 Å². The van der Waals surface area contributed by atoms with Crippen molar-refractivity contribution in [3.05, 3.63) is 59.7 Å². The van der Waals surface area contributed by atoms with E-state index < -0.39 is 6.10 Å². The van der Waals surface area contributed by atoms with E-state index in [4.69, 9.17) is 0 Å². The lowest BCUT2D eigenvalue weighted by atomic mass is 9.89. The summed E-state index contributed by atoms with van der Waals surface area (Å²) in [5, 5.41) is 13.1. The summed E-state index contributed by atoms with van der Waals surface area (Å²) < 4.78 is 27.1. The van der Waals surface area contributed by atoms with Crippen LogP contribution in [-0.4, -0.2) is 28.1 Å². The first-order valence-electron chi connectivity index (χ1n) is 9.05. The molecule has 0 radical (unpaired) electrons. The number of H-pyrrole nitrogens is 1. The Hall–Kier alpha value is -2.73. The van der Waals surface area contributed by atoms with E-state index in [1.165, 1.54) is 24.3 Å². The number of rotatable bonds is 5. The van der Waals surface area contributed by atoms with Crippen LogP contribution in [0.1, 0.15) is 24.8 Å². The van der Waals surface area contributed by atoms with Crippen LogP contribution in [0, 0.1) is 11.6 Å². The van der Waals surface area contributed by atoms with Gasteiger partial charge in [-0.15, -0.1) is 0 Å². The lowest BCUT2D eigenvalue weighted by Gasteiger charge is -2.32. The van der Waals surface area contributed by atoms with Gasteiger partial charge in [0.2, 0.25) is 5.91 Å². The fourth-order valence-corrected chi connectivity index (χ4v) is 3.51. The van der Waals surface area contributed by atoms with Crippen LogP contribution in [0.25, 0.3) is 22.2 Å². The van der Waals surface area contributed by atoms with E-state index in [-0.39, 0.29) is 30.0 Å². The first kappa shape index (κ1) is 17.7. The zero-order valence-corrected chi connectivity index (χ0v) is 14.6. The Balaban J connectivity index is 1.62. The number of fused-ring (bicyclic) bond motifs is 1. The molecule has 27 heavy (non-hydrogen) atoms. The van der Waals surface area contributed by atoms with Crippen LogP contribution in [-0.2, 0) is 11.2 Å². The van der Waals surface area contributed by atoms with E-state index in [0.717, 1.165) is 28.8 Å². The summed E-state index contributed by atoms with van der Waals surface area (Å²) in [4.78, 5) is 15.5. The van der Waals surface area contributed by atoms with Crippen LogP contribution in [0.4, 0.5) is 8.78 Å². The van der Waals surface area contributed by atoms with E-state index in [2.05, 4.69) is 10.3 Å². The average molecular weight is 370 g/mol. The number of aromatic nitrogens is 1. The van der Waals surface area contributed by atoms with Crippen molar-refractivity contribution >= 4 is 16.8 Å². The number of aliphatic hydroxyl groups is 1. The third kappa shape index (κ3) is 3.57. The molecule has 1 amide bonds. The molecule has 0 aliphatic heterocycles. The van der Waals surface area contributed by atoms with Gasteiger partial charge in [-0.2, -0.15) is 0 Å². The van der Waals surface area contributed by atoms with E-state index >= 15 is 0 Å². The van der Waals surface area contributed by atoms with Crippen molar-refractivity contribution in [1.29, 1.82) is 0 Å². The maximum atomic E-state index is 13.8. The van der Waals surface area contributed by atoms with Gasteiger partial charge in [-0.3, -0.25) is 4.79 Å². The lowest BCUT2D eigenvalue weighted by molar-refractivity contribution is -0.123. The molecule has 1 fully saturated rings. The molecule has 140 valence electrons. The molecule has 0 spiro atoms. The Labute approximate surface area is 155 Å². The first-order chi connectivity index (χ1) is 13.0. The number of amides is 1. The smallest absolute Gasteiger partial charge is 0.220 e. The van der Waals surface area contributed by atoms with Gasteiger partial charge in [0.1, 0.15) is 11.6 Å². The molecular formula is C21H20F2N2O2. The molecule has 3 N–H and O–H groups in total. The summed E-state index contributed by atoms with van der Waals surface area (Å²) in [7, 11) is 0. The quantitative estimate of drug-likeness (QED) is 0.641. The molecule has 0 saturated heterocycles. The van der Waals surface area contributed by atoms with Gasteiger partial charge >= 0.3 is 0 Å². The number of aromatic amines is 1. The molecule has 4 nitrogen and oxygen atoms in total. The Morgan fingerprint density at radius 2 is 1.85 bits per heavy atom. The third-order valence-electron chi connectivity index (χ3n) is 5.19. The molecule has 1 aromatic heterocycles. The van der Waals surface area contributed by atoms with Crippen molar-refractivity contribution in [2.24, 2.45) is 0 Å². The molecular weight excluding hydrogens is 350 g/mol. The number of nitrogens with one attached hydrogen (secondary N) is 2. The molecule has 0 bridgehead atoms. The van der Waals surface area contributed by atoms with Crippen molar-refractivity contribution in [3.63, 3.8) is 0 Å². The van der Waals surface area contributed by atoms with Crippen molar-refractivity contribution in [3.8, 4) is 11.3 Å². The normalized spacial score (nSPS) is 19.1. The standard InChI is InChI=1S/C21H20F2N2O2/c22-13-3-1-12(2-4-13)21-15(16-11-14(23)5-7-17(16)25-21)6-10-20(27)24-18-8-9-19(18)26/h1-5,7,11,18-19,25-26H,6,8-10H2,(H,24,27)/t18-,19+/m0/s1. The van der Waals surface area contributed by atoms with Crippen molar-refractivity contribution in [2.45, 2.75) is 37.8 Å². The fraction of sp³-hybridized carbons (Fsp3) is 0.286. The second kappa shape index (κ2) is 7.12. The molecule has 2 atom stereocenters. The minimum Gasteiger partial charge on any atom is -0.391 e. The van der Waals surface area contributed by atoms with Crippen molar-refractivity contribution in [1.82, 2.24) is 10.3 Å². The lowest BCUT2D eigenvalue weighted by Crippen LogP contribution is -2.50. The Kier molecular flexibility index (Phi) is 4.66. The summed E-state index contributed by atoms with van der Waals surface area (Å²) in [5.41, 5.74) is 3.12. The highest BCUT2D eigenvalue weighted by Crippen LogP contribution is 2.32. The van der Waals surface area contributed by atoms with Crippen LogP contribution in [0.15, 0.2) is 42.5 Å². The molecule has 0 unspecified atom stereocenters. The predicted molar refractivity (Wildman–Crippen MR) is 99.1 cm³/mol. The van der Waals surface area contributed by atoms with Crippen LogP contribution in [0.3, 0.4) is 0 Å². The van der Waals surface area contributed by atoms with Crippen molar-refractivity contribution in [2.75, 3.05) is 0 Å². The summed E-state index contributed by atoms with van der Waals surface area (Å²) in [5.74, 6) is -0.828. The molecule has 6 heteroatoms. The number of carbonyl (C=O) groups is 1. The number of hydrogen-bond acceptors (Lipinski definition) is 2. The molecule has 1 aliphatic rings. The van der Waals surface area contributed by atoms with Gasteiger partial charge in [-0.05, 0) is 72.9 Å². The second-order valence-electron chi connectivity index (χ2n) is 6.99. The summed E-state index contributed by atoms with van der Waals surface area (Å²) in [6.45, 7) is 0. The van der Waals surface area contributed by atoms with E-state index in [1.54, 1.807) is 18.2 Å². The largest absolute Gasteiger partial charge is 0.391 e. The molecule has 2 aromatic carbocycles. The molecule has 1 heterocycles. The number of carbonyl (C=O) groups excluding carboxylic acids is 1. The predicted octanol–water partition coefficient (Wildman–Crippen LogP) is 3.69. The molecule has 3 aromatic rings. The Bertz CT molecular complexity index is 982. The van der Waals surface area contributed by atoms with Gasteiger partial charge in [0, 0.05) is 23.0 Å². The number of halogens is 2. The first-order valence-corrected chi connectivity index (χ1v) is 9.05. The van der Waals surface area contributed by atoms with Crippen LogP contribution >= 0.6 is 0 Å². The number of benzene rings is 2. The molecule has 1 aliphatic carbocycles. The number of aliphatic hydroxyl groups excluding tert-OH is 1. The van der Waals surface area contributed by atoms with Gasteiger partial charge in [0.15, 0.2) is 0 Å². The van der Waals surface area contributed by atoms with Crippen LogP contribution in [0.5, 0.6) is 0 Å². The SMILES string of the molecule is O=C(CCc1c(-c2ccc(F)cc2)[nH]c2ccc(F)cc12)N[C@H]1CC[C@H]1O. The van der Waals surface area contributed by atoms with Gasteiger partial charge in [-0.25, -0.2) is 8.78 Å². The topological polar surface area (TPSA) is 65.1 Å². The van der Waals surface area contributed by atoms with E-state index in [9.17, 15) is 18.7 Å². The van der Waals surface area contributed by atoms with Gasteiger partial charge < -0.3 is 15.4 Å². The van der Waals surface area contributed by atoms with Crippen LogP contribution in [0.2, 0.25) is 0 Å². The fourth-order valence-electron chi connectivity index (χ4n) is 3.51. The van der Waals surface area contributed by atoms with Crippen molar-refractivity contribution < 1.29 is 18.7 Å². The highest BCUT2D eigenvalue weighted by molar-refractivity contribution is 5.91. The number of aryl methyl sites for hydroxylation is 1. The summed E-state index contributed by atoms with van der Waals surface area (Å²) >= 11 is 0. The zero-order valence-electron chi connectivity index (χ0n) is 14.6. The van der Waals surface area contributed by atoms with Gasteiger partial charge in [0.05, 0.1) is 12.1 Å². The molecule has 4 rings (SSSR count). The Morgan fingerprint density at radius 3 is 2.52 bits per heavy atom. The maximum Gasteiger partial charge on any atom is 0.220 e. The van der Waals surface area contributed by atoms with E-state index in [1.807, 2.05) is 0 Å². The minimum atomic E-state index is -0.467. The van der Waals surface area contributed by atoms with Crippen LogP contribution < -0.4 is 5.32 Å². The summed E-state index contributed by atoms with van der Waals surface area (Å²) in [6, 6.07) is 10.4. The maximum absolute atomic E-state index is 13.8. The van der Waals surface area contributed by atoms with E-state index in [0.29, 0.717) is 18.2 Å². The monoisotopic (exact) mass is 370 g/mol. The zero-order chi connectivity index (χ0) is 19.0. The minimum absolute atomic E-state index is 0.144.